The van der Waals surface area contributed by atoms with Crippen molar-refractivity contribution in [3.05, 3.63) is 35.4 Å². The van der Waals surface area contributed by atoms with Gasteiger partial charge in [0, 0.05) is 5.41 Å². The summed E-state index contributed by atoms with van der Waals surface area (Å²) in [6, 6.07) is 5.21. The number of halogens is 3. The van der Waals surface area contributed by atoms with Crippen LogP contribution in [-0.2, 0) is 11.6 Å². The second-order valence-electron chi connectivity index (χ2n) is 5.32. The molecule has 1 aliphatic heterocycles. The highest BCUT2D eigenvalue weighted by Gasteiger charge is 2.36. The summed E-state index contributed by atoms with van der Waals surface area (Å²) in [7, 11) is 2.01. The van der Waals surface area contributed by atoms with E-state index in [2.05, 4.69) is 4.90 Å². The molecule has 1 aromatic rings. The third-order valence-electron chi connectivity index (χ3n) is 4.07. The van der Waals surface area contributed by atoms with Crippen LogP contribution in [0.25, 0.3) is 0 Å². The highest BCUT2D eigenvalue weighted by Crippen LogP contribution is 2.36. The maximum absolute atomic E-state index is 12.5. The van der Waals surface area contributed by atoms with Crippen molar-refractivity contribution < 1.29 is 18.3 Å². The number of nitrogens with zero attached hydrogens (tertiary/aromatic N) is 1. The number of aliphatic hydroxyl groups is 1. The van der Waals surface area contributed by atoms with Crippen LogP contribution < -0.4 is 0 Å². The van der Waals surface area contributed by atoms with Gasteiger partial charge in [-0.25, -0.2) is 0 Å². The zero-order chi connectivity index (χ0) is 14.1. The molecule has 0 unspecified atom stereocenters. The fraction of sp³-hybridized carbons (Fsp3) is 0.571. The van der Waals surface area contributed by atoms with Crippen LogP contribution in [0.3, 0.4) is 0 Å². The molecule has 0 amide bonds. The van der Waals surface area contributed by atoms with Gasteiger partial charge in [0.1, 0.15) is 0 Å². The predicted molar refractivity (Wildman–Crippen MR) is 66.9 cm³/mol. The summed E-state index contributed by atoms with van der Waals surface area (Å²) < 4.78 is 37.6. The van der Waals surface area contributed by atoms with Crippen LogP contribution in [0.5, 0.6) is 0 Å². The molecule has 2 rings (SSSR count). The zero-order valence-electron chi connectivity index (χ0n) is 10.9. The highest BCUT2D eigenvalue weighted by molar-refractivity contribution is 5.31. The van der Waals surface area contributed by atoms with Gasteiger partial charge in [-0.15, -0.1) is 0 Å². The van der Waals surface area contributed by atoms with Gasteiger partial charge in [0.25, 0.3) is 0 Å². The van der Waals surface area contributed by atoms with E-state index in [0.29, 0.717) is 0 Å². The van der Waals surface area contributed by atoms with Crippen molar-refractivity contribution in [2.75, 3.05) is 26.7 Å². The SMILES string of the molecule is CN1CCC(CO)(c2ccc(C(F)(F)F)cc2)CC1. The van der Waals surface area contributed by atoms with Crippen molar-refractivity contribution in [1.29, 1.82) is 0 Å². The Kier molecular flexibility index (Phi) is 3.87. The molecule has 1 saturated heterocycles. The Morgan fingerprint density at radius 3 is 2.11 bits per heavy atom. The molecule has 0 bridgehead atoms. The lowest BCUT2D eigenvalue weighted by atomic mass is 9.73. The van der Waals surface area contributed by atoms with E-state index < -0.39 is 17.2 Å². The van der Waals surface area contributed by atoms with Gasteiger partial charge in [-0.2, -0.15) is 13.2 Å². The Bertz CT molecular complexity index is 419. The summed E-state index contributed by atoms with van der Waals surface area (Å²) in [4.78, 5) is 2.16. The smallest absolute Gasteiger partial charge is 0.395 e. The number of benzene rings is 1. The Morgan fingerprint density at radius 2 is 1.68 bits per heavy atom. The number of likely N-dealkylation sites (tertiary alicyclic amines) is 1. The monoisotopic (exact) mass is 273 g/mol. The van der Waals surface area contributed by atoms with Crippen LogP contribution in [0.15, 0.2) is 24.3 Å². The lowest BCUT2D eigenvalue weighted by Gasteiger charge is -2.40. The molecule has 1 heterocycles. The fourth-order valence-electron chi connectivity index (χ4n) is 2.60. The predicted octanol–water partition coefficient (Wildman–Crippen LogP) is 2.66. The molecule has 1 aromatic carbocycles. The topological polar surface area (TPSA) is 23.5 Å². The van der Waals surface area contributed by atoms with Crippen LogP contribution in [0.4, 0.5) is 13.2 Å². The summed E-state index contributed by atoms with van der Waals surface area (Å²) >= 11 is 0. The minimum absolute atomic E-state index is 0.0216. The lowest BCUT2D eigenvalue weighted by molar-refractivity contribution is -0.137. The number of aliphatic hydroxyl groups excluding tert-OH is 1. The van der Waals surface area contributed by atoms with Gasteiger partial charge in [-0.1, -0.05) is 12.1 Å². The van der Waals surface area contributed by atoms with E-state index in [1.165, 1.54) is 12.1 Å². The molecule has 0 radical (unpaired) electrons. The first-order valence-corrected chi connectivity index (χ1v) is 6.34. The first-order valence-electron chi connectivity index (χ1n) is 6.34. The molecule has 106 valence electrons. The van der Waals surface area contributed by atoms with E-state index in [1.807, 2.05) is 7.05 Å². The average Bonchev–Trinajstić information content (AvgIpc) is 2.39. The third-order valence-corrected chi connectivity index (χ3v) is 4.07. The fourth-order valence-corrected chi connectivity index (χ4v) is 2.60. The number of piperidine rings is 1. The largest absolute Gasteiger partial charge is 0.416 e. The minimum Gasteiger partial charge on any atom is -0.395 e. The van der Waals surface area contributed by atoms with Gasteiger partial charge in [0.15, 0.2) is 0 Å². The van der Waals surface area contributed by atoms with Gasteiger partial charge < -0.3 is 10.0 Å². The van der Waals surface area contributed by atoms with E-state index in [1.54, 1.807) is 0 Å². The Labute approximate surface area is 110 Å². The average molecular weight is 273 g/mol. The normalized spacial score (nSPS) is 20.5. The standard InChI is InChI=1S/C14H18F3NO/c1-18-8-6-13(10-19,7-9-18)11-2-4-12(5-3-11)14(15,16)17/h2-5,19H,6-10H2,1H3. The first kappa shape index (κ1) is 14.3. The molecule has 5 heteroatoms. The van der Waals surface area contributed by atoms with Gasteiger partial charge in [-0.05, 0) is 50.7 Å². The summed E-state index contributed by atoms with van der Waals surface area (Å²) in [6.45, 7) is 1.68. The molecule has 0 aromatic heterocycles. The number of alkyl halides is 3. The van der Waals surface area contributed by atoms with E-state index in [9.17, 15) is 18.3 Å². The molecule has 0 atom stereocenters. The van der Waals surface area contributed by atoms with E-state index in [-0.39, 0.29) is 6.61 Å². The van der Waals surface area contributed by atoms with Crippen molar-refractivity contribution >= 4 is 0 Å². The second kappa shape index (κ2) is 5.13. The third kappa shape index (κ3) is 2.92. The Hall–Kier alpha value is -1.07. The van der Waals surface area contributed by atoms with Gasteiger partial charge >= 0.3 is 6.18 Å². The molecule has 1 N–H and O–H groups in total. The van der Waals surface area contributed by atoms with Crippen molar-refractivity contribution in [3.8, 4) is 0 Å². The highest BCUT2D eigenvalue weighted by atomic mass is 19.4. The van der Waals surface area contributed by atoms with Crippen LogP contribution >= 0.6 is 0 Å². The maximum Gasteiger partial charge on any atom is 0.416 e. The number of hydrogen-bond donors (Lipinski definition) is 1. The van der Waals surface area contributed by atoms with E-state index in [4.69, 9.17) is 0 Å². The molecular formula is C14H18F3NO. The molecule has 19 heavy (non-hydrogen) atoms. The van der Waals surface area contributed by atoms with Gasteiger partial charge in [0.05, 0.1) is 12.2 Å². The number of rotatable bonds is 2. The quantitative estimate of drug-likeness (QED) is 0.895. The molecule has 1 fully saturated rings. The molecule has 2 nitrogen and oxygen atoms in total. The van der Waals surface area contributed by atoms with Crippen LogP contribution in [-0.4, -0.2) is 36.8 Å². The lowest BCUT2D eigenvalue weighted by Crippen LogP contribution is -2.43. The first-order chi connectivity index (χ1) is 8.87. The molecule has 1 aliphatic rings. The van der Waals surface area contributed by atoms with Crippen molar-refractivity contribution in [3.63, 3.8) is 0 Å². The van der Waals surface area contributed by atoms with Crippen molar-refractivity contribution in [2.45, 2.75) is 24.4 Å². The Balaban J connectivity index is 2.25. The van der Waals surface area contributed by atoms with Crippen LogP contribution in [0.2, 0.25) is 0 Å². The van der Waals surface area contributed by atoms with Gasteiger partial charge in [0.2, 0.25) is 0 Å². The van der Waals surface area contributed by atoms with Crippen LogP contribution in [0.1, 0.15) is 24.0 Å². The second-order valence-corrected chi connectivity index (χ2v) is 5.32. The minimum atomic E-state index is -4.31. The summed E-state index contributed by atoms with van der Waals surface area (Å²) in [5.74, 6) is 0. The molecule has 0 aliphatic carbocycles. The Morgan fingerprint density at radius 1 is 1.16 bits per heavy atom. The van der Waals surface area contributed by atoms with Crippen LogP contribution in [0, 0.1) is 0 Å². The summed E-state index contributed by atoms with van der Waals surface area (Å²) in [6.07, 6.45) is -2.77. The van der Waals surface area contributed by atoms with Gasteiger partial charge in [-0.3, -0.25) is 0 Å². The van der Waals surface area contributed by atoms with Crippen molar-refractivity contribution in [2.24, 2.45) is 0 Å². The molecule has 0 spiro atoms. The molecular weight excluding hydrogens is 255 g/mol. The number of hydrogen-bond acceptors (Lipinski definition) is 2. The summed E-state index contributed by atoms with van der Waals surface area (Å²) in [5, 5.41) is 9.67. The zero-order valence-corrected chi connectivity index (χ0v) is 10.9. The van der Waals surface area contributed by atoms with Crippen molar-refractivity contribution in [1.82, 2.24) is 4.90 Å². The maximum atomic E-state index is 12.5. The molecule has 0 saturated carbocycles. The van der Waals surface area contributed by atoms with E-state index in [0.717, 1.165) is 43.6 Å². The summed E-state index contributed by atoms with van der Waals surface area (Å²) in [5.41, 5.74) is -0.232. The van der Waals surface area contributed by atoms with E-state index >= 15 is 0 Å².